The minimum atomic E-state index is -0.338. The molecular formula is C14H9BrFIO. The van der Waals surface area contributed by atoms with Gasteiger partial charge in [-0.3, -0.25) is 4.79 Å². The minimum Gasteiger partial charge on any atom is -0.294 e. The number of hydrogen-bond donors (Lipinski definition) is 0. The molecular weight excluding hydrogens is 410 g/mol. The Morgan fingerprint density at radius 3 is 2.67 bits per heavy atom. The third-order valence-corrected chi connectivity index (χ3v) is 3.56. The van der Waals surface area contributed by atoms with Gasteiger partial charge in [-0.1, -0.05) is 28.1 Å². The molecule has 2 aromatic carbocycles. The summed E-state index contributed by atoms with van der Waals surface area (Å²) in [5.74, 6) is -0.346. The lowest BCUT2D eigenvalue weighted by atomic mass is 10.0. The van der Waals surface area contributed by atoms with Crippen LogP contribution in [0, 0.1) is 9.39 Å². The van der Waals surface area contributed by atoms with E-state index in [1.807, 2.05) is 18.2 Å². The van der Waals surface area contributed by atoms with Crippen molar-refractivity contribution < 1.29 is 9.18 Å². The van der Waals surface area contributed by atoms with Gasteiger partial charge in [0.15, 0.2) is 5.78 Å². The van der Waals surface area contributed by atoms with Gasteiger partial charge in [0.1, 0.15) is 5.82 Å². The van der Waals surface area contributed by atoms with Gasteiger partial charge in [-0.2, -0.15) is 0 Å². The molecule has 0 N–H and O–H groups in total. The van der Waals surface area contributed by atoms with E-state index < -0.39 is 0 Å². The van der Waals surface area contributed by atoms with Gasteiger partial charge in [0.2, 0.25) is 0 Å². The molecule has 0 amide bonds. The van der Waals surface area contributed by atoms with Crippen LogP contribution in [0.25, 0.3) is 0 Å². The first-order valence-electron chi connectivity index (χ1n) is 5.28. The summed E-state index contributed by atoms with van der Waals surface area (Å²) in [4.78, 5) is 12.0. The van der Waals surface area contributed by atoms with Crippen molar-refractivity contribution in [3.05, 3.63) is 67.5 Å². The molecule has 1 nitrogen and oxygen atoms in total. The Kier molecular flexibility index (Phi) is 4.50. The van der Waals surface area contributed by atoms with Crippen LogP contribution in [0.1, 0.15) is 15.9 Å². The Morgan fingerprint density at radius 2 is 2.00 bits per heavy atom. The molecule has 0 radical (unpaired) electrons. The van der Waals surface area contributed by atoms with E-state index in [0.717, 1.165) is 3.57 Å². The monoisotopic (exact) mass is 418 g/mol. The van der Waals surface area contributed by atoms with Crippen LogP contribution in [-0.4, -0.2) is 5.78 Å². The highest BCUT2D eigenvalue weighted by Gasteiger charge is 2.08. The average molecular weight is 419 g/mol. The first-order valence-corrected chi connectivity index (χ1v) is 7.15. The van der Waals surface area contributed by atoms with E-state index in [0.29, 0.717) is 15.6 Å². The van der Waals surface area contributed by atoms with Crippen LogP contribution in [0.3, 0.4) is 0 Å². The molecule has 0 heterocycles. The molecule has 0 saturated carbocycles. The Balaban J connectivity index is 2.21. The fourth-order valence-corrected chi connectivity index (χ4v) is 2.72. The maximum atomic E-state index is 13.2. The summed E-state index contributed by atoms with van der Waals surface area (Å²) in [7, 11) is 0. The fourth-order valence-electron chi connectivity index (χ4n) is 1.66. The van der Waals surface area contributed by atoms with Gasteiger partial charge < -0.3 is 0 Å². The van der Waals surface area contributed by atoms with Crippen molar-refractivity contribution in [2.45, 2.75) is 6.42 Å². The molecule has 0 saturated heterocycles. The smallest absolute Gasteiger partial charge is 0.167 e. The predicted octanol–water partition coefficient (Wildman–Crippen LogP) is 4.62. The second-order valence-corrected chi connectivity index (χ2v) is 6.05. The van der Waals surface area contributed by atoms with E-state index >= 15 is 0 Å². The molecule has 4 heteroatoms. The number of halogens is 3. The lowest BCUT2D eigenvalue weighted by Crippen LogP contribution is -2.04. The third-order valence-electron chi connectivity index (χ3n) is 2.43. The van der Waals surface area contributed by atoms with Crippen LogP contribution in [0.15, 0.2) is 46.9 Å². The number of rotatable bonds is 3. The van der Waals surface area contributed by atoms with E-state index in [9.17, 15) is 9.18 Å². The topological polar surface area (TPSA) is 17.1 Å². The Labute approximate surface area is 127 Å². The number of carbonyl (C=O) groups is 1. The number of hydrogen-bond acceptors (Lipinski definition) is 1. The number of benzene rings is 2. The average Bonchev–Trinajstić information content (AvgIpc) is 2.27. The number of Topliss-reactive ketones (excluding diaryl/α,β-unsaturated/α-hetero) is 1. The van der Waals surface area contributed by atoms with Crippen molar-refractivity contribution in [1.82, 2.24) is 0 Å². The summed E-state index contributed by atoms with van der Waals surface area (Å²) < 4.78 is 14.9. The lowest BCUT2D eigenvalue weighted by Gasteiger charge is -2.03. The molecule has 2 rings (SSSR count). The maximum absolute atomic E-state index is 13.2. The summed E-state index contributed by atoms with van der Waals surface area (Å²) in [6.07, 6.45) is 0.205. The summed E-state index contributed by atoms with van der Waals surface area (Å²) in [6.45, 7) is 0. The SMILES string of the molecule is O=C(Cc1cc(F)cc(Br)c1)c1cccc(I)c1. The first-order chi connectivity index (χ1) is 8.54. The van der Waals surface area contributed by atoms with Gasteiger partial charge in [0.05, 0.1) is 0 Å². The van der Waals surface area contributed by atoms with Gasteiger partial charge in [0, 0.05) is 20.0 Å². The van der Waals surface area contributed by atoms with Crippen molar-refractivity contribution in [2.75, 3.05) is 0 Å². The zero-order chi connectivity index (χ0) is 13.1. The zero-order valence-corrected chi connectivity index (χ0v) is 13.0. The van der Waals surface area contributed by atoms with E-state index in [2.05, 4.69) is 38.5 Å². The van der Waals surface area contributed by atoms with Gasteiger partial charge in [-0.15, -0.1) is 0 Å². The molecule has 92 valence electrons. The number of ketones is 1. The van der Waals surface area contributed by atoms with Crippen LogP contribution in [-0.2, 0) is 6.42 Å². The molecule has 0 bridgehead atoms. The molecule has 2 aromatic rings. The highest BCUT2D eigenvalue weighted by atomic mass is 127. The zero-order valence-electron chi connectivity index (χ0n) is 9.29. The fraction of sp³-hybridized carbons (Fsp3) is 0.0714. The van der Waals surface area contributed by atoms with Gasteiger partial charge in [-0.05, 0) is 58.5 Å². The Morgan fingerprint density at radius 1 is 1.22 bits per heavy atom. The molecule has 18 heavy (non-hydrogen) atoms. The standard InChI is InChI=1S/C14H9BrFIO/c15-11-4-9(5-12(16)8-11)6-14(18)10-2-1-3-13(17)7-10/h1-5,7-8H,6H2. The van der Waals surface area contributed by atoms with E-state index in [1.54, 1.807) is 12.1 Å². The summed E-state index contributed by atoms with van der Waals surface area (Å²) in [6, 6.07) is 11.9. The van der Waals surface area contributed by atoms with Crippen molar-refractivity contribution in [1.29, 1.82) is 0 Å². The molecule has 0 spiro atoms. The molecule has 0 aliphatic carbocycles. The second-order valence-electron chi connectivity index (χ2n) is 3.89. The van der Waals surface area contributed by atoms with Crippen molar-refractivity contribution in [3.8, 4) is 0 Å². The molecule has 0 aromatic heterocycles. The molecule has 0 unspecified atom stereocenters. The number of carbonyl (C=O) groups excluding carboxylic acids is 1. The van der Waals surface area contributed by atoms with Crippen LogP contribution < -0.4 is 0 Å². The van der Waals surface area contributed by atoms with E-state index in [4.69, 9.17) is 0 Å². The van der Waals surface area contributed by atoms with Crippen LogP contribution in [0.4, 0.5) is 4.39 Å². The van der Waals surface area contributed by atoms with E-state index in [-0.39, 0.29) is 18.0 Å². The largest absolute Gasteiger partial charge is 0.294 e. The summed E-state index contributed by atoms with van der Waals surface area (Å²) in [5.41, 5.74) is 1.33. The minimum absolute atomic E-state index is 0.00832. The van der Waals surface area contributed by atoms with Crippen LogP contribution in [0.2, 0.25) is 0 Å². The van der Waals surface area contributed by atoms with Crippen LogP contribution >= 0.6 is 38.5 Å². The Bertz CT molecular complexity index is 578. The van der Waals surface area contributed by atoms with Crippen molar-refractivity contribution in [3.63, 3.8) is 0 Å². The highest BCUT2D eigenvalue weighted by Crippen LogP contribution is 2.17. The molecule has 0 aliphatic heterocycles. The normalized spacial score (nSPS) is 10.4. The van der Waals surface area contributed by atoms with Crippen LogP contribution in [0.5, 0.6) is 0 Å². The summed E-state index contributed by atoms with van der Waals surface area (Å²) >= 11 is 5.38. The Hall–Kier alpha value is -0.750. The quantitative estimate of drug-likeness (QED) is 0.525. The third kappa shape index (κ3) is 3.62. The van der Waals surface area contributed by atoms with Gasteiger partial charge in [-0.25, -0.2) is 4.39 Å². The molecule has 0 atom stereocenters. The van der Waals surface area contributed by atoms with Crippen molar-refractivity contribution >= 4 is 44.3 Å². The maximum Gasteiger partial charge on any atom is 0.167 e. The van der Waals surface area contributed by atoms with Crippen molar-refractivity contribution in [2.24, 2.45) is 0 Å². The van der Waals surface area contributed by atoms with E-state index in [1.165, 1.54) is 12.1 Å². The highest BCUT2D eigenvalue weighted by molar-refractivity contribution is 14.1. The predicted molar refractivity (Wildman–Crippen MR) is 81.3 cm³/mol. The van der Waals surface area contributed by atoms with Gasteiger partial charge >= 0.3 is 0 Å². The molecule has 0 fully saturated rings. The molecule has 0 aliphatic rings. The van der Waals surface area contributed by atoms with Gasteiger partial charge in [0.25, 0.3) is 0 Å². The lowest BCUT2D eigenvalue weighted by molar-refractivity contribution is 0.0993. The first kappa shape index (κ1) is 13.7. The summed E-state index contributed by atoms with van der Waals surface area (Å²) in [5, 5.41) is 0. The second kappa shape index (κ2) is 5.93.